The minimum atomic E-state index is -4.44. The molecule has 0 spiro atoms. The van der Waals surface area contributed by atoms with Crippen molar-refractivity contribution in [1.29, 1.82) is 0 Å². The molecule has 1 aromatic heterocycles. The molecule has 0 atom stereocenters. The molecule has 0 radical (unpaired) electrons. The number of hydrogen-bond donors (Lipinski definition) is 1. The summed E-state index contributed by atoms with van der Waals surface area (Å²) in [4.78, 5) is 7.73. The SMILES string of the molecule is Cc1c(Cl)ncnc1Nc1ccc(Br)c(C(F)(F)F)c1. The second-order valence-corrected chi connectivity index (χ2v) is 5.17. The third-order valence-corrected chi connectivity index (χ3v) is 3.63. The van der Waals surface area contributed by atoms with Crippen LogP contribution >= 0.6 is 27.5 Å². The fourth-order valence-corrected chi connectivity index (χ4v) is 2.12. The number of alkyl halides is 3. The summed E-state index contributed by atoms with van der Waals surface area (Å²) in [5.41, 5.74) is 0.0596. The van der Waals surface area contributed by atoms with Crippen molar-refractivity contribution in [2.24, 2.45) is 0 Å². The maximum atomic E-state index is 12.8. The molecule has 0 aliphatic heterocycles. The van der Waals surface area contributed by atoms with Crippen molar-refractivity contribution in [2.45, 2.75) is 13.1 Å². The Morgan fingerprint density at radius 1 is 1.25 bits per heavy atom. The van der Waals surface area contributed by atoms with Crippen LogP contribution in [-0.4, -0.2) is 9.97 Å². The van der Waals surface area contributed by atoms with Crippen LogP contribution < -0.4 is 5.32 Å². The van der Waals surface area contributed by atoms with Crippen LogP contribution in [0, 0.1) is 6.92 Å². The van der Waals surface area contributed by atoms with Crippen LogP contribution in [0.2, 0.25) is 5.15 Å². The standard InChI is InChI=1S/C12H8BrClF3N3/c1-6-10(14)18-5-19-11(6)20-7-2-3-9(13)8(4-7)12(15,16)17/h2-5H,1H3,(H,18,19,20). The van der Waals surface area contributed by atoms with Crippen LogP contribution in [-0.2, 0) is 6.18 Å². The van der Waals surface area contributed by atoms with Gasteiger partial charge in [-0.05, 0) is 25.1 Å². The molecule has 0 bridgehead atoms. The van der Waals surface area contributed by atoms with Crippen molar-refractivity contribution in [1.82, 2.24) is 9.97 Å². The Labute approximate surface area is 126 Å². The highest BCUT2D eigenvalue weighted by Crippen LogP contribution is 2.37. The first-order chi connectivity index (χ1) is 9.29. The van der Waals surface area contributed by atoms with Crippen LogP contribution in [0.5, 0.6) is 0 Å². The van der Waals surface area contributed by atoms with Gasteiger partial charge in [-0.1, -0.05) is 27.5 Å². The molecule has 8 heteroatoms. The van der Waals surface area contributed by atoms with E-state index in [0.717, 1.165) is 6.07 Å². The summed E-state index contributed by atoms with van der Waals surface area (Å²) >= 11 is 8.71. The van der Waals surface area contributed by atoms with Gasteiger partial charge in [-0.15, -0.1) is 0 Å². The van der Waals surface area contributed by atoms with Crippen molar-refractivity contribution in [3.63, 3.8) is 0 Å². The quantitative estimate of drug-likeness (QED) is 0.763. The second kappa shape index (κ2) is 5.57. The highest BCUT2D eigenvalue weighted by atomic mass is 79.9. The average molecular weight is 367 g/mol. The van der Waals surface area contributed by atoms with Gasteiger partial charge in [0.15, 0.2) is 0 Å². The molecule has 2 rings (SSSR count). The van der Waals surface area contributed by atoms with E-state index in [1.807, 2.05) is 0 Å². The van der Waals surface area contributed by atoms with Crippen molar-refractivity contribution >= 4 is 39.0 Å². The van der Waals surface area contributed by atoms with E-state index in [0.29, 0.717) is 11.4 Å². The van der Waals surface area contributed by atoms with Crippen LogP contribution in [0.15, 0.2) is 29.0 Å². The number of benzene rings is 1. The lowest BCUT2D eigenvalue weighted by Crippen LogP contribution is -2.07. The molecule has 3 nitrogen and oxygen atoms in total. The predicted molar refractivity (Wildman–Crippen MR) is 74.2 cm³/mol. The minimum absolute atomic E-state index is 0.0204. The summed E-state index contributed by atoms with van der Waals surface area (Å²) in [6.45, 7) is 1.67. The first-order valence-electron chi connectivity index (χ1n) is 5.40. The number of aromatic nitrogens is 2. The lowest BCUT2D eigenvalue weighted by molar-refractivity contribution is -0.138. The van der Waals surface area contributed by atoms with Crippen LogP contribution in [0.4, 0.5) is 24.7 Å². The summed E-state index contributed by atoms with van der Waals surface area (Å²) in [6, 6.07) is 3.83. The molecule has 0 saturated heterocycles. The lowest BCUT2D eigenvalue weighted by atomic mass is 10.2. The van der Waals surface area contributed by atoms with Gasteiger partial charge in [0.05, 0.1) is 5.56 Å². The molecule has 0 unspecified atom stereocenters. The lowest BCUT2D eigenvalue weighted by Gasteiger charge is -2.13. The van der Waals surface area contributed by atoms with Crippen LogP contribution in [0.25, 0.3) is 0 Å². The van der Waals surface area contributed by atoms with E-state index in [4.69, 9.17) is 11.6 Å². The van der Waals surface area contributed by atoms with Gasteiger partial charge in [-0.25, -0.2) is 9.97 Å². The Hall–Kier alpha value is -1.34. The molecule has 0 fully saturated rings. The van der Waals surface area contributed by atoms with E-state index >= 15 is 0 Å². The number of nitrogens with one attached hydrogen (secondary N) is 1. The average Bonchev–Trinajstić information content (AvgIpc) is 2.36. The summed E-state index contributed by atoms with van der Waals surface area (Å²) in [5.74, 6) is 0.362. The van der Waals surface area contributed by atoms with E-state index < -0.39 is 11.7 Å². The van der Waals surface area contributed by atoms with Gasteiger partial charge in [-0.2, -0.15) is 13.2 Å². The topological polar surface area (TPSA) is 37.8 Å². The largest absolute Gasteiger partial charge is 0.417 e. The van der Waals surface area contributed by atoms with Crippen LogP contribution in [0.3, 0.4) is 0 Å². The number of halogens is 5. The highest BCUT2D eigenvalue weighted by Gasteiger charge is 2.33. The molecule has 0 saturated carbocycles. The second-order valence-electron chi connectivity index (χ2n) is 3.96. The monoisotopic (exact) mass is 365 g/mol. The first kappa shape index (κ1) is 15.1. The Balaban J connectivity index is 2.38. The van der Waals surface area contributed by atoms with Crippen molar-refractivity contribution in [2.75, 3.05) is 5.32 Å². The maximum Gasteiger partial charge on any atom is 0.417 e. The number of anilines is 2. The van der Waals surface area contributed by atoms with Crippen molar-refractivity contribution in [3.05, 3.63) is 45.3 Å². The fourth-order valence-electron chi connectivity index (χ4n) is 1.51. The Morgan fingerprint density at radius 2 is 1.95 bits per heavy atom. The van der Waals surface area contributed by atoms with E-state index in [9.17, 15) is 13.2 Å². The van der Waals surface area contributed by atoms with E-state index in [-0.39, 0.29) is 15.3 Å². The van der Waals surface area contributed by atoms with Crippen molar-refractivity contribution < 1.29 is 13.2 Å². The first-order valence-corrected chi connectivity index (χ1v) is 6.57. The summed E-state index contributed by atoms with van der Waals surface area (Å²) < 4.78 is 38.4. The van der Waals surface area contributed by atoms with Gasteiger partial charge < -0.3 is 5.32 Å². The molecule has 1 N–H and O–H groups in total. The molecule has 2 aromatic rings. The zero-order valence-electron chi connectivity index (χ0n) is 10.1. The van der Waals surface area contributed by atoms with Crippen molar-refractivity contribution in [3.8, 4) is 0 Å². The molecule has 20 heavy (non-hydrogen) atoms. The maximum absolute atomic E-state index is 12.8. The minimum Gasteiger partial charge on any atom is -0.340 e. The molecule has 0 aliphatic rings. The third-order valence-electron chi connectivity index (χ3n) is 2.56. The Kier molecular flexibility index (Phi) is 4.19. The number of rotatable bonds is 2. The molecular weight excluding hydrogens is 359 g/mol. The van der Waals surface area contributed by atoms with Gasteiger partial charge >= 0.3 is 6.18 Å². The zero-order valence-corrected chi connectivity index (χ0v) is 12.4. The molecule has 1 aromatic carbocycles. The molecule has 0 aliphatic carbocycles. The Morgan fingerprint density at radius 3 is 2.60 bits per heavy atom. The molecular formula is C12H8BrClF3N3. The van der Waals surface area contributed by atoms with Gasteiger partial charge in [0, 0.05) is 15.7 Å². The Bertz CT molecular complexity index is 646. The zero-order chi connectivity index (χ0) is 14.9. The molecule has 1 heterocycles. The normalized spacial score (nSPS) is 11.5. The summed E-state index contributed by atoms with van der Waals surface area (Å²) in [7, 11) is 0. The number of hydrogen-bond acceptors (Lipinski definition) is 3. The van der Waals surface area contributed by atoms with E-state index in [2.05, 4.69) is 31.2 Å². The van der Waals surface area contributed by atoms with Gasteiger partial charge in [-0.3, -0.25) is 0 Å². The van der Waals surface area contributed by atoms with Crippen LogP contribution in [0.1, 0.15) is 11.1 Å². The van der Waals surface area contributed by atoms with Gasteiger partial charge in [0.2, 0.25) is 0 Å². The predicted octanol–water partition coefficient (Wildman–Crippen LogP) is 4.96. The molecule has 0 amide bonds. The third kappa shape index (κ3) is 3.21. The van der Waals surface area contributed by atoms with Gasteiger partial charge in [0.25, 0.3) is 0 Å². The smallest absolute Gasteiger partial charge is 0.340 e. The van der Waals surface area contributed by atoms with E-state index in [1.54, 1.807) is 6.92 Å². The number of nitrogens with zero attached hydrogens (tertiary/aromatic N) is 2. The summed E-state index contributed by atoms with van der Waals surface area (Å²) in [6.07, 6.45) is -3.20. The van der Waals surface area contributed by atoms with Gasteiger partial charge in [0.1, 0.15) is 17.3 Å². The summed E-state index contributed by atoms with van der Waals surface area (Å²) in [5, 5.41) is 3.04. The highest BCUT2D eigenvalue weighted by molar-refractivity contribution is 9.10. The fraction of sp³-hybridized carbons (Fsp3) is 0.167. The van der Waals surface area contributed by atoms with E-state index in [1.165, 1.54) is 18.5 Å². The molecule has 106 valence electrons.